The highest BCUT2D eigenvalue weighted by Gasteiger charge is 2.44. The van der Waals surface area contributed by atoms with Gasteiger partial charge in [-0.25, -0.2) is 4.79 Å². The molecule has 32 heteroatoms. The lowest BCUT2D eigenvalue weighted by Crippen LogP contribution is -2.61. The van der Waals surface area contributed by atoms with E-state index in [9.17, 15) is 97.7 Å². The molecule has 11 atom stereocenters. The highest BCUT2D eigenvalue weighted by molar-refractivity contribution is 5.99. The van der Waals surface area contributed by atoms with E-state index in [-0.39, 0.29) is 50.8 Å². The van der Waals surface area contributed by atoms with E-state index in [4.69, 9.17) is 10.8 Å². The molecule has 1 aromatic rings. The standard InChI is InChI=1S/C53H77N11O21/c1-6-26(3)43(50(79)58-33(53(82)83)16-21-42(72)73)60-49(78)36-11-9-23-63(36)52(81)44(27(4)7-2)61-47(76)34(24-29-12-17-38(66)37(25-29)64(84)85)59-48(77)35-10-8-22-62(35)51(80)32(15-20-41(70)71)57-46(75)31(13-18-39(54)67)56-45(74)30(55-28(5)65)14-19-40(68)69/h12,17,25-27,30-36,43-44,66H,6-11,13-16,18-24H2,1-5H3,(H2,54,67)(H,55,65)(H,56,74)(H,57,75)(H,58,79)(H,59,77)(H,60,78)(H,61,76)(H,68,69)(H,70,71)(H,72,73)(H,82,83)/t26-,27-,30-,31-,32-,33-,34-,35-,36-,43-,44-/m0/s1. The minimum Gasteiger partial charge on any atom is -0.502 e. The summed E-state index contributed by atoms with van der Waals surface area (Å²) < 4.78 is 0. The van der Waals surface area contributed by atoms with Gasteiger partial charge in [-0.1, -0.05) is 46.6 Å². The third-order valence-electron chi connectivity index (χ3n) is 14.7. The summed E-state index contributed by atoms with van der Waals surface area (Å²) in [7, 11) is 0. The van der Waals surface area contributed by atoms with Gasteiger partial charge in [0.1, 0.15) is 54.4 Å². The van der Waals surface area contributed by atoms with Crippen molar-refractivity contribution >= 4 is 88.6 Å². The summed E-state index contributed by atoms with van der Waals surface area (Å²) in [5.74, 6) is -17.0. The average Bonchev–Trinajstić information content (AvgIpc) is 4.01. The summed E-state index contributed by atoms with van der Waals surface area (Å²) in [4.78, 5) is 197. The van der Waals surface area contributed by atoms with E-state index >= 15 is 0 Å². The molecule has 2 heterocycles. The molecule has 85 heavy (non-hydrogen) atoms. The van der Waals surface area contributed by atoms with E-state index in [1.54, 1.807) is 27.7 Å². The summed E-state index contributed by atoms with van der Waals surface area (Å²) in [5, 5.41) is 76.9. The van der Waals surface area contributed by atoms with Gasteiger partial charge in [0.2, 0.25) is 59.1 Å². The number of nitro groups is 1. The molecule has 2 saturated heterocycles. The summed E-state index contributed by atoms with van der Waals surface area (Å²) >= 11 is 0. The molecule has 2 aliphatic rings. The number of nitro benzene ring substituents is 1. The van der Waals surface area contributed by atoms with Crippen molar-refractivity contribution in [2.24, 2.45) is 17.6 Å². The number of nitrogens with zero attached hydrogens (tertiary/aromatic N) is 3. The molecule has 0 unspecified atom stereocenters. The molecule has 0 radical (unpaired) electrons. The van der Waals surface area contributed by atoms with Crippen molar-refractivity contribution in [3.05, 3.63) is 33.9 Å². The van der Waals surface area contributed by atoms with Gasteiger partial charge in [0, 0.05) is 58.2 Å². The Hall–Kier alpha value is -9.00. The Labute approximate surface area is 487 Å². The largest absolute Gasteiger partial charge is 0.502 e. The Bertz CT molecular complexity index is 2690. The Balaban J connectivity index is 2.00. The third kappa shape index (κ3) is 21.6. The molecular weight excluding hydrogens is 1130 g/mol. The number of hydrogen-bond donors (Lipinski definition) is 13. The van der Waals surface area contributed by atoms with Crippen LogP contribution in [-0.2, 0) is 73.5 Å². The number of carboxylic acids is 4. The first-order valence-electron chi connectivity index (χ1n) is 27.7. The van der Waals surface area contributed by atoms with Crippen LogP contribution in [0.4, 0.5) is 5.69 Å². The van der Waals surface area contributed by atoms with Crippen molar-refractivity contribution in [2.45, 2.75) is 185 Å². The fourth-order valence-corrected chi connectivity index (χ4v) is 9.62. The van der Waals surface area contributed by atoms with Gasteiger partial charge in [0.15, 0.2) is 5.75 Å². The number of aliphatic carboxylic acids is 4. The third-order valence-corrected chi connectivity index (χ3v) is 14.7. The van der Waals surface area contributed by atoms with E-state index in [1.165, 1.54) is 11.0 Å². The predicted octanol–water partition coefficient (Wildman–Crippen LogP) is -1.72. The lowest BCUT2D eigenvalue weighted by molar-refractivity contribution is -0.385. The molecule has 0 aromatic heterocycles. The van der Waals surface area contributed by atoms with Crippen LogP contribution in [0.5, 0.6) is 5.75 Å². The van der Waals surface area contributed by atoms with Gasteiger partial charge in [0.25, 0.3) is 0 Å². The van der Waals surface area contributed by atoms with Crippen molar-refractivity contribution in [3.8, 4) is 5.75 Å². The second-order valence-electron chi connectivity index (χ2n) is 21.0. The molecule has 0 bridgehead atoms. The number of primary amides is 1. The lowest BCUT2D eigenvalue weighted by Gasteiger charge is -2.34. The van der Waals surface area contributed by atoms with E-state index in [1.807, 2.05) is 0 Å². The zero-order valence-corrected chi connectivity index (χ0v) is 47.8. The molecule has 10 amide bonds. The van der Waals surface area contributed by atoms with Crippen molar-refractivity contribution in [1.29, 1.82) is 0 Å². The topological polar surface area (TPSA) is 500 Å². The second-order valence-corrected chi connectivity index (χ2v) is 21.0. The number of likely N-dealkylation sites (tertiary alicyclic amines) is 2. The van der Waals surface area contributed by atoms with Crippen LogP contribution in [0.3, 0.4) is 0 Å². The molecule has 0 saturated carbocycles. The first-order chi connectivity index (χ1) is 39.9. The molecule has 2 aliphatic heterocycles. The van der Waals surface area contributed by atoms with Gasteiger partial charge in [0.05, 0.1) is 4.92 Å². The Kier molecular flexibility index (Phi) is 27.6. The maximum atomic E-state index is 14.7. The number of phenols is 1. The van der Waals surface area contributed by atoms with Crippen molar-refractivity contribution < 1.29 is 97.6 Å². The minimum absolute atomic E-state index is 0.0106. The molecule has 32 nitrogen and oxygen atoms in total. The summed E-state index contributed by atoms with van der Waals surface area (Å²) in [6, 6.07) is -10.6. The number of carbonyl (C=O) groups excluding carboxylic acids is 10. The Morgan fingerprint density at radius 1 is 0.588 bits per heavy atom. The number of amides is 10. The van der Waals surface area contributed by atoms with Crippen molar-refractivity contribution in [3.63, 3.8) is 0 Å². The zero-order valence-electron chi connectivity index (χ0n) is 47.8. The van der Waals surface area contributed by atoms with Crippen LogP contribution in [0, 0.1) is 22.0 Å². The quantitative estimate of drug-likeness (QED) is 0.0265. The maximum absolute atomic E-state index is 14.7. The number of hydrogen-bond acceptors (Lipinski definition) is 17. The van der Waals surface area contributed by atoms with Gasteiger partial charge in [-0.15, -0.1) is 0 Å². The van der Waals surface area contributed by atoms with E-state index < -0.39 is 223 Å². The van der Waals surface area contributed by atoms with Crippen molar-refractivity contribution in [1.82, 2.24) is 47.0 Å². The second kappa shape index (κ2) is 33.3. The first-order valence-corrected chi connectivity index (χ1v) is 27.7. The summed E-state index contributed by atoms with van der Waals surface area (Å²) in [6.45, 7) is 7.48. The Morgan fingerprint density at radius 3 is 1.53 bits per heavy atom. The van der Waals surface area contributed by atoms with Crippen LogP contribution in [0.2, 0.25) is 0 Å². The van der Waals surface area contributed by atoms with Gasteiger partial charge in [-0.2, -0.15) is 0 Å². The first kappa shape index (κ1) is 70.3. The number of carbonyl (C=O) groups is 14. The van der Waals surface area contributed by atoms with Crippen LogP contribution >= 0.6 is 0 Å². The van der Waals surface area contributed by atoms with Gasteiger partial charge >= 0.3 is 29.6 Å². The predicted molar refractivity (Wildman–Crippen MR) is 293 cm³/mol. The fraction of sp³-hybridized carbons (Fsp3) is 0.623. The number of nitrogens with two attached hydrogens (primary N) is 1. The minimum atomic E-state index is -1.74. The van der Waals surface area contributed by atoms with E-state index in [0.29, 0.717) is 6.42 Å². The maximum Gasteiger partial charge on any atom is 0.326 e. The molecule has 0 aliphatic carbocycles. The fourth-order valence-electron chi connectivity index (χ4n) is 9.62. The summed E-state index contributed by atoms with van der Waals surface area (Å²) in [6.07, 6.45) is -3.97. The van der Waals surface area contributed by atoms with Gasteiger partial charge < -0.3 is 78.3 Å². The molecule has 3 rings (SSSR count). The molecule has 1 aromatic carbocycles. The molecule has 0 spiro atoms. The molecule has 14 N–H and O–H groups in total. The van der Waals surface area contributed by atoms with E-state index in [0.717, 1.165) is 24.0 Å². The number of aromatic hydroxyl groups is 1. The zero-order chi connectivity index (χ0) is 64.0. The summed E-state index contributed by atoms with van der Waals surface area (Å²) in [5.41, 5.74) is 4.56. The number of benzene rings is 1. The van der Waals surface area contributed by atoms with Crippen LogP contribution in [0.1, 0.15) is 130 Å². The normalized spacial score (nSPS) is 17.8. The van der Waals surface area contributed by atoms with Crippen LogP contribution in [0.25, 0.3) is 0 Å². The number of rotatable bonds is 35. The van der Waals surface area contributed by atoms with Crippen LogP contribution in [0.15, 0.2) is 18.2 Å². The number of carboxylic acid groups (broad SMARTS) is 4. The van der Waals surface area contributed by atoms with Crippen LogP contribution < -0.4 is 43.0 Å². The van der Waals surface area contributed by atoms with E-state index in [2.05, 4.69) is 37.2 Å². The molecule has 470 valence electrons. The highest BCUT2D eigenvalue weighted by atomic mass is 16.6. The van der Waals surface area contributed by atoms with Gasteiger partial charge in [-0.3, -0.25) is 72.4 Å². The monoisotopic (exact) mass is 1200 g/mol. The average molecular weight is 1200 g/mol. The smallest absolute Gasteiger partial charge is 0.326 e. The Morgan fingerprint density at radius 2 is 1.04 bits per heavy atom. The number of phenolic OH excluding ortho intramolecular Hbond substituents is 1. The van der Waals surface area contributed by atoms with Crippen LogP contribution in [-0.4, -0.2) is 191 Å². The number of nitrogens with one attached hydrogen (secondary N) is 7. The SMILES string of the molecule is CC[C@H](C)[C@H](NC(=O)[C@@H]1CCCN1C(=O)[C@@H](NC(=O)[C@H](Cc1ccc(O)c([N+](=O)[O-])c1)NC(=O)[C@@H]1CCCN1C(=O)[C@H](CCC(=O)O)NC(=O)[C@H](CCC(N)=O)NC(=O)[C@H](CCC(=O)O)NC(C)=O)[C@@H](C)CC)C(=O)N[C@@H](CCC(=O)O)C(=O)O. The lowest BCUT2D eigenvalue weighted by atomic mass is 9.95. The van der Waals surface area contributed by atoms with Crippen molar-refractivity contribution in [2.75, 3.05) is 13.1 Å². The van der Waals surface area contributed by atoms with Gasteiger partial charge in [-0.05, 0) is 74.8 Å². The highest BCUT2D eigenvalue weighted by Crippen LogP contribution is 2.28. The molecule has 2 fully saturated rings. The molecular formula is C53H77N11O21.